The van der Waals surface area contributed by atoms with Crippen molar-refractivity contribution in [2.75, 3.05) is 26.7 Å². The van der Waals surface area contributed by atoms with Crippen LogP contribution in [0.1, 0.15) is 18.1 Å². The number of hydrogen-bond donors (Lipinski definition) is 2. The third kappa shape index (κ3) is 4.58. The van der Waals surface area contributed by atoms with E-state index in [4.69, 9.17) is 5.11 Å². The maximum absolute atomic E-state index is 12.2. The lowest BCUT2D eigenvalue weighted by molar-refractivity contribution is 0.281. The van der Waals surface area contributed by atoms with Crippen LogP contribution < -0.4 is 4.72 Å². The molecule has 6 heteroatoms. The van der Waals surface area contributed by atoms with Crippen molar-refractivity contribution in [1.29, 1.82) is 0 Å². The number of aliphatic hydroxyl groups excluding tert-OH is 1. The molecular weight excluding hydrogens is 264 g/mol. The average molecular weight is 286 g/mol. The van der Waals surface area contributed by atoms with Crippen molar-refractivity contribution in [3.63, 3.8) is 0 Å². The Labute approximate surface area is 115 Å². The highest BCUT2D eigenvalue weighted by molar-refractivity contribution is 7.89. The summed E-state index contributed by atoms with van der Waals surface area (Å²) < 4.78 is 26.9. The van der Waals surface area contributed by atoms with Crippen LogP contribution in [0.3, 0.4) is 0 Å². The van der Waals surface area contributed by atoms with Crippen molar-refractivity contribution >= 4 is 10.0 Å². The van der Waals surface area contributed by atoms with Crippen molar-refractivity contribution in [3.8, 4) is 0 Å². The van der Waals surface area contributed by atoms with Crippen LogP contribution in [0.15, 0.2) is 23.1 Å². The molecule has 5 nitrogen and oxygen atoms in total. The predicted octanol–water partition coefficient (Wildman–Crippen LogP) is 0.717. The average Bonchev–Trinajstić information content (AvgIpc) is 2.38. The highest BCUT2D eigenvalue weighted by atomic mass is 32.2. The topological polar surface area (TPSA) is 69.6 Å². The second-order valence-corrected chi connectivity index (χ2v) is 6.29. The summed E-state index contributed by atoms with van der Waals surface area (Å²) in [5, 5.41) is 9.08. The van der Waals surface area contributed by atoms with E-state index in [2.05, 4.69) is 4.72 Å². The van der Waals surface area contributed by atoms with Gasteiger partial charge in [-0.1, -0.05) is 19.1 Å². The van der Waals surface area contributed by atoms with Crippen LogP contribution in [-0.2, 0) is 16.6 Å². The Morgan fingerprint density at radius 3 is 2.63 bits per heavy atom. The van der Waals surface area contributed by atoms with E-state index in [9.17, 15) is 8.42 Å². The van der Waals surface area contributed by atoms with Crippen molar-refractivity contribution in [1.82, 2.24) is 9.62 Å². The first kappa shape index (κ1) is 16.1. The summed E-state index contributed by atoms with van der Waals surface area (Å²) in [5.41, 5.74) is 1.27. The molecule has 0 saturated carbocycles. The SMILES string of the molecule is CCN(C)CCNS(=O)(=O)c1cc(CO)ccc1C. The van der Waals surface area contributed by atoms with E-state index in [1.165, 1.54) is 6.07 Å². The molecule has 0 aliphatic heterocycles. The molecule has 0 saturated heterocycles. The number of sulfonamides is 1. The van der Waals surface area contributed by atoms with E-state index in [1.807, 2.05) is 18.9 Å². The van der Waals surface area contributed by atoms with E-state index >= 15 is 0 Å². The normalized spacial score (nSPS) is 12.1. The maximum atomic E-state index is 12.2. The predicted molar refractivity (Wildman–Crippen MR) is 75.5 cm³/mol. The molecule has 0 atom stereocenters. The fourth-order valence-electron chi connectivity index (χ4n) is 1.64. The first-order valence-electron chi connectivity index (χ1n) is 6.29. The number of likely N-dealkylation sites (N-methyl/N-ethyl adjacent to an activating group) is 1. The molecule has 0 aromatic heterocycles. The highest BCUT2D eigenvalue weighted by Crippen LogP contribution is 2.16. The second-order valence-electron chi connectivity index (χ2n) is 4.55. The number of aryl methyl sites for hydroxylation is 1. The highest BCUT2D eigenvalue weighted by Gasteiger charge is 2.16. The van der Waals surface area contributed by atoms with E-state index in [1.54, 1.807) is 19.1 Å². The molecule has 0 bridgehead atoms. The molecule has 0 aliphatic carbocycles. The Morgan fingerprint density at radius 1 is 1.37 bits per heavy atom. The quantitative estimate of drug-likeness (QED) is 0.775. The van der Waals surface area contributed by atoms with Gasteiger partial charge < -0.3 is 10.0 Å². The molecule has 2 N–H and O–H groups in total. The van der Waals surface area contributed by atoms with E-state index in [0.717, 1.165) is 6.54 Å². The van der Waals surface area contributed by atoms with Crippen LogP contribution in [0.5, 0.6) is 0 Å². The van der Waals surface area contributed by atoms with Gasteiger partial charge in [0.25, 0.3) is 0 Å². The zero-order valence-electron chi connectivity index (χ0n) is 11.7. The van der Waals surface area contributed by atoms with Gasteiger partial charge in [-0.2, -0.15) is 0 Å². The molecule has 0 aliphatic rings. The van der Waals surface area contributed by atoms with Gasteiger partial charge in [-0.25, -0.2) is 13.1 Å². The van der Waals surface area contributed by atoms with Gasteiger partial charge in [0.05, 0.1) is 11.5 Å². The number of benzene rings is 1. The summed E-state index contributed by atoms with van der Waals surface area (Å²) >= 11 is 0. The smallest absolute Gasteiger partial charge is 0.240 e. The van der Waals surface area contributed by atoms with E-state index < -0.39 is 10.0 Å². The van der Waals surface area contributed by atoms with Gasteiger partial charge in [-0.15, -0.1) is 0 Å². The molecule has 0 fully saturated rings. The molecule has 0 unspecified atom stereocenters. The minimum Gasteiger partial charge on any atom is -0.392 e. The fourth-order valence-corrected chi connectivity index (χ4v) is 2.95. The third-order valence-corrected chi connectivity index (χ3v) is 4.65. The summed E-state index contributed by atoms with van der Waals surface area (Å²) in [5.74, 6) is 0. The lowest BCUT2D eigenvalue weighted by Crippen LogP contribution is -2.33. The first-order valence-corrected chi connectivity index (χ1v) is 7.77. The fraction of sp³-hybridized carbons (Fsp3) is 0.538. The standard InChI is InChI=1S/C13H22N2O3S/c1-4-15(3)8-7-14-19(17,18)13-9-12(10-16)6-5-11(13)2/h5-6,9,14,16H,4,7-8,10H2,1-3H3. The summed E-state index contributed by atoms with van der Waals surface area (Å²) in [6.07, 6.45) is 0. The van der Waals surface area contributed by atoms with Crippen molar-refractivity contribution < 1.29 is 13.5 Å². The lowest BCUT2D eigenvalue weighted by atomic mass is 10.2. The van der Waals surface area contributed by atoms with E-state index in [0.29, 0.717) is 24.2 Å². The van der Waals surface area contributed by atoms with Gasteiger partial charge in [0, 0.05) is 13.1 Å². The molecule has 0 heterocycles. The Bertz CT molecular complexity index is 515. The molecule has 0 radical (unpaired) electrons. The number of aliphatic hydroxyl groups is 1. The summed E-state index contributed by atoms with van der Waals surface area (Å²) in [7, 11) is -1.58. The monoisotopic (exact) mass is 286 g/mol. The van der Waals surface area contributed by atoms with Gasteiger partial charge in [-0.05, 0) is 37.7 Å². The Balaban J connectivity index is 2.82. The number of nitrogens with zero attached hydrogens (tertiary/aromatic N) is 1. The van der Waals surface area contributed by atoms with Crippen LogP contribution in [0.2, 0.25) is 0 Å². The maximum Gasteiger partial charge on any atom is 0.240 e. The summed E-state index contributed by atoms with van der Waals surface area (Å²) in [6.45, 7) is 5.50. The lowest BCUT2D eigenvalue weighted by Gasteiger charge is -2.15. The van der Waals surface area contributed by atoms with Gasteiger partial charge in [0.15, 0.2) is 0 Å². The minimum atomic E-state index is -3.52. The number of hydrogen-bond acceptors (Lipinski definition) is 4. The number of nitrogens with one attached hydrogen (secondary N) is 1. The largest absolute Gasteiger partial charge is 0.392 e. The van der Waals surface area contributed by atoms with Gasteiger partial charge in [-0.3, -0.25) is 0 Å². The molecule has 0 amide bonds. The third-order valence-electron chi connectivity index (χ3n) is 3.05. The number of rotatable bonds is 7. The first-order chi connectivity index (χ1) is 8.90. The van der Waals surface area contributed by atoms with Crippen LogP contribution >= 0.6 is 0 Å². The summed E-state index contributed by atoms with van der Waals surface area (Å²) in [4.78, 5) is 2.26. The summed E-state index contributed by atoms with van der Waals surface area (Å²) in [6, 6.07) is 4.94. The van der Waals surface area contributed by atoms with Gasteiger partial charge >= 0.3 is 0 Å². The van der Waals surface area contributed by atoms with Gasteiger partial charge in [0.2, 0.25) is 10.0 Å². The zero-order chi connectivity index (χ0) is 14.5. The zero-order valence-corrected chi connectivity index (χ0v) is 12.5. The van der Waals surface area contributed by atoms with Gasteiger partial charge in [0.1, 0.15) is 0 Å². The minimum absolute atomic E-state index is 0.165. The molecule has 0 spiro atoms. The Morgan fingerprint density at radius 2 is 2.05 bits per heavy atom. The van der Waals surface area contributed by atoms with E-state index in [-0.39, 0.29) is 11.5 Å². The van der Waals surface area contributed by atoms with Crippen molar-refractivity contribution in [2.45, 2.75) is 25.3 Å². The second kappa shape index (κ2) is 7.00. The van der Waals surface area contributed by atoms with Crippen LogP contribution in [0.4, 0.5) is 0 Å². The van der Waals surface area contributed by atoms with Crippen LogP contribution in [0.25, 0.3) is 0 Å². The van der Waals surface area contributed by atoms with Crippen molar-refractivity contribution in [3.05, 3.63) is 29.3 Å². The molecule has 19 heavy (non-hydrogen) atoms. The molecule has 1 aromatic rings. The Hall–Kier alpha value is -0.950. The Kier molecular flexibility index (Phi) is 5.93. The van der Waals surface area contributed by atoms with Crippen LogP contribution in [0, 0.1) is 6.92 Å². The molecular formula is C13H22N2O3S. The van der Waals surface area contributed by atoms with Crippen LogP contribution in [-0.4, -0.2) is 45.1 Å². The molecule has 1 rings (SSSR count). The molecule has 108 valence electrons. The van der Waals surface area contributed by atoms with Crippen molar-refractivity contribution in [2.24, 2.45) is 0 Å². The molecule has 1 aromatic carbocycles.